The minimum atomic E-state index is -0.185. The van der Waals surface area contributed by atoms with Crippen LogP contribution >= 0.6 is 11.6 Å². The second kappa shape index (κ2) is 6.74. The summed E-state index contributed by atoms with van der Waals surface area (Å²) in [7, 11) is 0. The number of benzene rings is 1. The van der Waals surface area contributed by atoms with Crippen LogP contribution in [0.4, 0.5) is 5.69 Å². The van der Waals surface area contributed by atoms with E-state index >= 15 is 0 Å². The standard InChI is InChI=1S/C22H20ClN5O/c1-14-19-13-25-28(20-8-7-16(23)12-24-20)22(29)21(19)15(2)27(14)18-6-3-5-17(11-18)26-9-4-10-26/h3,5-8,11-13H,4,9-10H2,1-2H3. The van der Waals surface area contributed by atoms with Crippen LogP contribution in [-0.2, 0) is 0 Å². The monoisotopic (exact) mass is 405 g/mol. The molecule has 1 saturated heterocycles. The molecule has 4 heterocycles. The van der Waals surface area contributed by atoms with Gasteiger partial charge in [0, 0.05) is 47.4 Å². The lowest BCUT2D eigenvalue weighted by atomic mass is 10.1. The molecule has 0 amide bonds. The third-order valence-electron chi connectivity index (χ3n) is 5.64. The van der Waals surface area contributed by atoms with E-state index in [1.807, 2.05) is 13.8 Å². The molecule has 4 aromatic rings. The van der Waals surface area contributed by atoms with Crippen molar-refractivity contribution in [2.24, 2.45) is 0 Å². The maximum atomic E-state index is 13.3. The Morgan fingerprint density at radius 2 is 1.79 bits per heavy atom. The Kier molecular flexibility index (Phi) is 4.17. The normalized spacial score (nSPS) is 13.7. The van der Waals surface area contributed by atoms with E-state index in [1.54, 1.807) is 18.3 Å². The summed E-state index contributed by atoms with van der Waals surface area (Å²) >= 11 is 5.92. The molecule has 29 heavy (non-hydrogen) atoms. The first-order chi connectivity index (χ1) is 14.0. The topological polar surface area (TPSA) is 56.0 Å². The van der Waals surface area contributed by atoms with Gasteiger partial charge in [0.1, 0.15) is 0 Å². The van der Waals surface area contributed by atoms with Crippen LogP contribution in [0, 0.1) is 13.8 Å². The van der Waals surface area contributed by atoms with E-state index in [2.05, 4.69) is 43.8 Å². The molecule has 0 saturated carbocycles. The highest BCUT2D eigenvalue weighted by atomic mass is 35.5. The molecule has 1 aliphatic heterocycles. The molecular weight excluding hydrogens is 386 g/mol. The van der Waals surface area contributed by atoms with Crippen molar-refractivity contribution >= 4 is 28.1 Å². The molecular formula is C22H20ClN5O. The fourth-order valence-corrected chi connectivity index (χ4v) is 4.12. The molecule has 0 aliphatic carbocycles. The average molecular weight is 406 g/mol. The number of nitrogens with zero attached hydrogens (tertiary/aromatic N) is 5. The maximum Gasteiger partial charge on any atom is 0.282 e. The number of aryl methyl sites for hydroxylation is 2. The second-order valence-electron chi connectivity index (χ2n) is 7.35. The van der Waals surface area contributed by atoms with Crippen molar-refractivity contribution in [3.63, 3.8) is 0 Å². The molecule has 5 rings (SSSR count). The lowest BCUT2D eigenvalue weighted by Gasteiger charge is -2.33. The summed E-state index contributed by atoms with van der Waals surface area (Å²) in [5.74, 6) is 0.450. The lowest BCUT2D eigenvalue weighted by molar-refractivity contribution is 0.617. The second-order valence-corrected chi connectivity index (χ2v) is 7.79. The van der Waals surface area contributed by atoms with Crippen LogP contribution in [0.2, 0.25) is 5.02 Å². The van der Waals surface area contributed by atoms with Crippen LogP contribution in [0.5, 0.6) is 0 Å². The fraction of sp³-hybridized carbons (Fsp3) is 0.227. The summed E-state index contributed by atoms with van der Waals surface area (Å²) < 4.78 is 3.46. The van der Waals surface area contributed by atoms with Gasteiger partial charge in [0.05, 0.1) is 16.6 Å². The highest BCUT2D eigenvalue weighted by molar-refractivity contribution is 6.30. The molecule has 0 spiro atoms. The number of fused-ring (bicyclic) bond motifs is 1. The number of rotatable bonds is 3. The predicted molar refractivity (Wildman–Crippen MR) is 116 cm³/mol. The molecule has 0 N–H and O–H groups in total. The zero-order valence-electron chi connectivity index (χ0n) is 16.3. The van der Waals surface area contributed by atoms with Gasteiger partial charge >= 0.3 is 0 Å². The third kappa shape index (κ3) is 2.83. The van der Waals surface area contributed by atoms with Gasteiger partial charge in [-0.25, -0.2) is 4.98 Å². The smallest absolute Gasteiger partial charge is 0.282 e. The van der Waals surface area contributed by atoms with Crippen molar-refractivity contribution in [3.05, 3.63) is 75.6 Å². The molecule has 0 unspecified atom stereocenters. The molecule has 1 aromatic carbocycles. The molecule has 146 valence electrons. The predicted octanol–water partition coefficient (Wildman–Crippen LogP) is 4.05. The van der Waals surface area contributed by atoms with E-state index < -0.39 is 0 Å². The van der Waals surface area contributed by atoms with Crippen molar-refractivity contribution in [2.75, 3.05) is 18.0 Å². The highest BCUT2D eigenvalue weighted by Gasteiger charge is 2.20. The molecule has 0 bridgehead atoms. The van der Waals surface area contributed by atoms with Crippen molar-refractivity contribution in [1.29, 1.82) is 0 Å². The van der Waals surface area contributed by atoms with E-state index in [0.717, 1.165) is 35.6 Å². The highest BCUT2D eigenvalue weighted by Crippen LogP contribution is 2.29. The molecule has 0 atom stereocenters. The van der Waals surface area contributed by atoms with E-state index in [9.17, 15) is 4.79 Å². The Hall–Kier alpha value is -3.12. The Labute approximate surface area is 173 Å². The molecule has 6 nitrogen and oxygen atoms in total. The molecule has 7 heteroatoms. The first-order valence-corrected chi connectivity index (χ1v) is 9.99. The third-order valence-corrected chi connectivity index (χ3v) is 5.86. The van der Waals surface area contributed by atoms with Gasteiger partial charge in [-0.1, -0.05) is 17.7 Å². The van der Waals surface area contributed by atoms with Gasteiger partial charge in [0.25, 0.3) is 5.56 Å². The van der Waals surface area contributed by atoms with E-state index in [4.69, 9.17) is 11.6 Å². The first kappa shape index (κ1) is 17.9. The van der Waals surface area contributed by atoms with Crippen molar-refractivity contribution < 1.29 is 0 Å². The number of halogens is 1. The van der Waals surface area contributed by atoms with Crippen LogP contribution in [0.1, 0.15) is 17.8 Å². The van der Waals surface area contributed by atoms with Crippen molar-refractivity contribution in [1.82, 2.24) is 19.3 Å². The van der Waals surface area contributed by atoms with E-state index in [0.29, 0.717) is 16.2 Å². The molecule has 1 aliphatic rings. The minimum absolute atomic E-state index is 0.185. The van der Waals surface area contributed by atoms with Crippen molar-refractivity contribution in [2.45, 2.75) is 20.3 Å². The van der Waals surface area contributed by atoms with E-state index in [1.165, 1.54) is 23.0 Å². The van der Waals surface area contributed by atoms with Gasteiger partial charge in [-0.3, -0.25) is 4.79 Å². The number of hydrogen-bond acceptors (Lipinski definition) is 4. The van der Waals surface area contributed by atoms with Crippen LogP contribution in [0.25, 0.3) is 22.3 Å². The summed E-state index contributed by atoms with van der Waals surface area (Å²) in [5, 5.41) is 6.39. The Morgan fingerprint density at radius 3 is 2.48 bits per heavy atom. The summed E-state index contributed by atoms with van der Waals surface area (Å²) in [6.45, 7) is 6.19. The number of pyridine rings is 1. The van der Waals surface area contributed by atoms with E-state index in [-0.39, 0.29) is 5.56 Å². The van der Waals surface area contributed by atoms with Crippen LogP contribution in [-0.4, -0.2) is 32.4 Å². The summed E-state index contributed by atoms with van der Waals surface area (Å²) in [5.41, 5.74) is 3.98. The first-order valence-electron chi connectivity index (χ1n) is 9.62. The molecule has 3 aromatic heterocycles. The van der Waals surface area contributed by atoms with Gasteiger partial charge < -0.3 is 9.47 Å². The SMILES string of the molecule is Cc1c2cnn(-c3ccc(Cl)cn3)c(=O)c2c(C)n1-c1cccc(N2CCC2)c1. The number of aromatic nitrogens is 4. The lowest BCUT2D eigenvalue weighted by Crippen LogP contribution is -2.36. The summed E-state index contributed by atoms with van der Waals surface area (Å²) in [6.07, 6.45) is 4.49. The zero-order valence-corrected chi connectivity index (χ0v) is 17.0. The van der Waals surface area contributed by atoms with Gasteiger partial charge in [-0.2, -0.15) is 9.78 Å². The average Bonchev–Trinajstić information content (AvgIpc) is 2.93. The quantitative estimate of drug-likeness (QED) is 0.516. The van der Waals surface area contributed by atoms with Crippen molar-refractivity contribution in [3.8, 4) is 11.5 Å². The zero-order chi connectivity index (χ0) is 20.1. The van der Waals surface area contributed by atoms with Gasteiger partial charge in [0.2, 0.25) is 0 Å². The fourth-order valence-electron chi connectivity index (χ4n) is 4.01. The number of anilines is 1. The minimum Gasteiger partial charge on any atom is -0.371 e. The summed E-state index contributed by atoms with van der Waals surface area (Å²) in [6, 6.07) is 11.9. The van der Waals surface area contributed by atoms with Crippen LogP contribution in [0.15, 0.2) is 53.6 Å². The molecule has 1 fully saturated rings. The van der Waals surface area contributed by atoms with Gasteiger partial charge in [-0.15, -0.1) is 0 Å². The summed E-state index contributed by atoms with van der Waals surface area (Å²) in [4.78, 5) is 19.9. The Balaban J connectivity index is 1.69. The molecule has 0 radical (unpaired) electrons. The largest absolute Gasteiger partial charge is 0.371 e. The Morgan fingerprint density at radius 1 is 1.00 bits per heavy atom. The Bertz CT molecular complexity index is 1290. The van der Waals surface area contributed by atoms with Crippen LogP contribution < -0.4 is 10.5 Å². The van der Waals surface area contributed by atoms with Gasteiger partial charge in [0.15, 0.2) is 5.82 Å². The number of hydrogen-bond donors (Lipinski definition) is 0. The van der Waals surface area contributed by atoms with Gasteiger partial charge in [-0.05, 0) is 50.6 Å². The van der Waals surface area contributed by atoms with Crippen LogP contribution in [0.3, 0.4) is 0 Å². The maximum absolute atomic E-state index is 13.3.